The van der Waals surface area contributed by atoms with Gasteiger partial charge in [0.25, 0.3) is 0 Å². The zero-order valence-electron chi connectivity index (χ0n) is 14.7. The second kappa shape index (κ2) is 7.08. The van der Waals surface area contributed by atoms with Crippen molar-refractivity contribution in [2.75, 3.05) is 0 Å². The lowest BCUT2D eigenvalue weighted by atomic mass is 10.0. The van der Waals surface area contributed by atoms with Crippen LogP contribution in [0.3, 0.4) is 0 Å². The molecule has 0 radical (unpaired) electrons. The van der Waals surface area contributed by atoms with E-state index in [2.05, 4.69) is 17.4 Å². The van der Waals surface area contributed by atoms with E-state index in [1.807, 2.05) is 43.3 Å². The lowest BCUT2D eigenvalue weighted by Gasteiger charge is -2.13. The molecule has 2 aromatic carbocycles. The van der Waals surface area contributed by atoms with Gasteiger partial charge in [-0.1, -0.05) is 30.3 Å². The quantitative estimate of drug-likeness (QED) is 0.542. The van der Waals surface area contributed by atoms with Crippen molar-refractivity contribution in [3.8, 4) is 0 Å². The maximum Gasteiger partial charge on any atom is 0.224 e. The molecule has 0 aliphatic heterocycles. The predicted molar refractivity (Wildman–Crippen MR) is 102 cm³/mol. The van der Waals surface area contributed by atoms with E-state index in [1.54, 1.807) is 12.5 Å². The summed E-state index contributed by atoms with van der Waals surface area (Å²) in [5.41, 5.74) is 1.74. The van der Waals surface area contributed by atoms with Crippen molar-refractivity contribution in [2.45, 2.75) is 32.2 Å². The molecule has 26 heavy (non-hydrogen) atoms. The highest BCUT2D eigenvalue weighted by molar-refractivity contribution is 6.08. The zero-order valence-corrected chi connectivity index (χ0v) is 14.7. The van der Waals surface area contributed by atoms with E-state index in [-0.39, 0.29) is 11.9 Å². The van der Waals surface area contributed by atoms with Crippen LogP contribution in [0.25, 0.3) is 21.7 Å². The number of carbonyl (C=O) groups excluding carboxylic acids is 1. The Bertz CT molecular complexity index is 1030. The summed E-state index contributed by atoms with van der Waals surface area (Å²) in [6.45, 7) is 2.02. The molecular formula is C22H21NO3. The SMILES string of the molecule is C[C@@H](CCc1ccco1)NC(=O)Cc1coc2ccc3ccccc3c12. The standard InChI is InChI=1S/C22H21NO3/c1-15(8-10-18-6-4-12-25-18)23-21(24)13-17-14-26-20-11-9-16-5-2-3-7-19(16)22(17)20/h2-7,9,11-12,14-15H,8,10,13H2,1H3,(H,23,24)/t15-/m0/s1. The number of carbonyl (C=O) groups is 1. The second-order valence-electron chi connectivity index (χ2n) is 6.68. The molecule has 0 fully saturated rings. The molecule has 0 unspecified atom stereocenters. The third-order valence-corrected chi connectivity index (χ3v) is 4.70. The monoisotopic (exact) mass is 347 g/mol. The molecule has 4 aromatic rings. The summed E-state index contributed by atoms with van der Waals surface area (Å²) >= 11 is 0. The Morgan fingerprint density at radius 1 is 1.08 bits per heavy atom. The number of aryl methyl sites for hydroxylation is 1. The van der Waals surface area contributed by atoms with Crippen molar-refractivity contribution in [1.29, 1.82) is 0 Å². The molecule has 0 aliphatic rings. The molecule has 0 bridgehead atoms. The van der Waals surface area contributed by atoms with Gasteiger partial charge in [0, 0.05) is 23.4 Å². The maximum atomic E-state index is 12.5. The highest BCUT2D eigenvalue weighted by Gasteiger charge is 2.15. The third kappa shape index (κ3) is 3.36. The van der Waals surface area contributed by atoms with Gasteiger partial charge in [0.05, 0.1) is 18.9 Å². The summed E-state index contributed by atoms with van der Waals surface area (Å²) in [6.07, 6.45) is 5.34. The summed E-state index contributed by atoms with van der Waals surface area (Å²) in [6, 6.07) is 16.1. The van der Waals surface area contributed by atoms with Crippen molar-refractivity contribution < 1.29 is 13.6 Å². The molecule has 0 spiro atoms. The van der Waals surface area contributed by atoms with Gasteiger partial charge < -0.3 is 14.2 Å². The Hall–Kier alpha value is -3.01. The number of nitrogens with one attached hydrogen (secondary N) is 1. The molecule has 0 saturated carbocycles. The van der Waals surface area contributed by atoms with E-state index >= 15 is 0 Å². The first-order valence-electron chi connectivity index (χ1n) is 8.90. The fourth-order valence-corrected chi connectivity index (χ4v) is 3.39. The summed E-state index contributed by atoms with van der Waals surface area (Å²) in [5.74, 6) is 0.950. The Morgan fingerprint density at radius 2 is 1.96 bits per heavy atom. The van der Waals surface area contributed by atoms with Crippen molar-refractivity contribution in [1.82, 2.24) is 5.32 Å². The van der Waals surface area contributed by atoms with Crippen LogP contribution >= 0.6 is 0 Å². The number of rotatable bonds is 6. The fraction of sp³-hybridized carbons (Fsp3) is 0.227. The Labute approximate surface area is 151 Å². The average Bonchev–Trinajstić information content (AvgIpc) is 3.30. The number of fused-ring (bicyclic) bond motifs is 3. The normalized spacial score (nSPS) is 12.5. The second-order valence-corrected chi connectivity index (χ2v) is 6.68. The van der Waals surface area contributed by atoms with Crippen LogP contribution in [0.4, 0.5) is 0 Å². The number of hydrogen-bond acceptors (Lipinski definition) is 3. The minimum absolute atomic E-state index is 0.00702. The first kappa shape index (κ1) is 16.5. The highest BCUT2D eigenvalue weighted by atomic mass is 16.3. The van der Waals surface area contributed by atoms with Crippen LogP contribution in [-0.2, 0) is 17.6 Å². The van der Waals surface area contributed by atoms with Crippen LogP contribution < -0.4 is 5.32 Å². The molecule has 0 aliphatic carbocycles. The summed E-state index contributed by atoms with van der Waals surface area (Å²) in [7, 11) is 0. The summed E-state index contributed by atoms with van der Waals surface area (Å²) < 4.78 is 11.0. The molecule has 4 heteroatoms. The number of benzene rings is 2. The van der Waals surface area contributed by atoms with Crippen molar-refractivity contribution in [3.63, 3.8) is 0 Å². The number of hydrogen-bond donors (Lipinski definition) is 1. The summed E-state index contributed by atoms with van der Waals surface area (Å²) in [4.78, 5) is 12.5. The van der Waals surface area contributed by atoms with E-state index in [9.17, 15) is 4.79 Å². The van der Waals surface area contributed by atoms with Crippen molar-refractivity contribution >= 4 is 27.6 Å². The maximum absolute atomic E-state index is 12.5. The van der Waals surface area contributed by atoms with Gasteiger partial charge in [0.15, 0.2) is 0 Å². The van der Waals surface area contributed by atoms with Crippen molar-refractivity contribution in [2.24, 2.45) is 0 Å². The smallest absolute Gasteiger partial charge is 0.224 e. The zero-order chi connectivity index (χ0) is 17.9. The molecule has 132 valence electrons. The molecule has 4 rings (SSSR count). The van der Waals surface area contributed by atoms with E-state index in [0.717, 1.165) is 45.9 Å². The topological polar surface area (TPSA) is 55.4 Å². The van der Waals surface area contributed by atoms with Crippen LogP contribution in [-0.4, -0.2) is 11.9 Å². The van der Waals surface area contributed by atoms with Crippen LogP contribution in [0.15, 0.2) is 69.9 Å². The van der Waals surface area contributed by atoms with Crippen LogP contribution in [0, 0.1) is 0 Å². The van der Waals surface area contributed by atoms with Gasteiger partial charge >= 0.3 is 0 Å². The number of furan rings is 2. The third-order valence-electron chi connectivity index (χ3n) is 4.70. The molecule has 1 atom stereocenters. The van der Waals surface area contributed by atoms with Gasteiger partial charge in [0.1, 0.15) is 11.3 Å². The molecule has 0 saturated heterocycles. The van der Waals surface area contributed by atoms with E-state index in [0.29, 0.717) is 6.42 Å². The first-order valence-corrected chi connectivity index (χ1v) is 8.90. The van der Waals surface area contributed by atoms with Gasteiger partial charge in [-0.2, -0.15) is 0 Å². The fourth-order valence-electron chi connectivity index (χ4n) is 3.39. The van der Waals surface area contributed by atoms with E-state index in [4.69, 9.17) is 8.83 Å². The molecule has 2 heterocycles. The molecular weight excluding hydrogens is 326 g/mol. The van der Waals surface area contributed by atoms with E-state index < -0.39 is 0 Å². The molecule has 1 amide bonds. The summed E-state index contributed by atoms with van der Waals surface area (Å²) in [5, 5.41) is 6.37. The lowest BCUT2D eigenvalue weighted by molar-refractivity contribution is -0.121. The van der Waals surface area contributed by atoms with Gasteiger partial charge in [-0.3, -0.25) is 4.79 Å². The average molecular weight is 347 g/mol. The molecule has 1 N–H and O–H groups in total. The molecule has 2 aromatic heterocycles. The van der Waals surface area contributed by atoms with Crippen LogP contribution in [0.5, 0.6) is 0 Å². The minimum Gasteiger partial charge on any atom is -0.469 e. The lowest BCUT2D eigenvalue weighted by Crippen LogP contribution is -2.33. The van der Waals surface area contributed by atoms with Crippen molar-refractivity contribution in [3.05, 3.63) is 72.4 Å². The van der Waals surface area contributed by atoms with E-state index in [1.165, 1.54) is 0 Å². The Kier molecular flexibility index (Phi) is 4.48. The Balaban J connectivity index is 1.46. The predicted octanol–water partition coefficient (Wildman–Crippen LogP) is 4.86. The van der Waals surface area contributed by atoms with Gasteiger partial charge in [-0.15, -0.1) is 0 Å². The Morgan fingerprint density at radius 3 is 2.81 bits per heavy atom. The van der Waals surface area contributed by atoms with Gasteiger partial charge in [0.2, 0.25) is 5.91 Å². The van der Waals surface area contributed by atoms with Gasteiger partial charge in [-0.25, -0.2) is 0 Å². The highest BCUT2D eigenvalue weighted by Crippen LogP contribution is 2.30. The number of amides is 1. The van der Waals surface area contributed by atoms with Crippen LogP contribution in [0.2, 0.25) is 0 Å². The minimum atomic E-state index is 0.00702. The largest absolute Gasteiger partial charge is 0.469 e. The van der Waals surface area contributed by atoms with Gasteiger partial charge in [-0.05, 0) is 42.3 Å². The molecule has 4 nitrogen and oxygen atoms in total. The first-order chi connectivity index (χ1) is 12.7. The van der Waals surface area contributed by atoms with Crippen LogP contribution in [0.1, 0.15) is 24.7 Å².